The number of hydrogen-bond acceptors (Lipinski definition) is 4. The summed E-state index contributed by atoms with van der Waals surface area (Å²) < 4.78 is 76.1. The second kappa shape index (κ2) is 7.37. The summed E-state index contributed by atoms with van der Waals surface area (Å²) in [7, 11) is 0. The monoisotopic (exact) mass is 398 g/mol. The van der Waals surface area contributed by atoms with E-state index in [1.54, 1.807) is 0 Å². The third-order valence-corrected chi connectivity index (χ3v) is 3.59. The molecule has 28 heavy (non-hydrogen) atoms. The maximum atomic E-state index is 12.8. The molecule has 0 aliphatic rings. The largest absolute Gasteiger partial charge is 0.416 e. The third-order valence-electron chi connectivity index (χ3n) is 3.59. The summed E-state index contributed by atoms with van der Waals surface area (Å²) >= 11 is 0. The zero-order chi connectivity index (χ0) is 20.4. The zero-order valence-electron chi connectivity index (χ0n) is 13.9. The lowest BCUT2D eigenvalue weighted by Crippen LogP contribution is -2.06. The molecule has 0 radical (unpaired) electrons. The van der Waals surface area contributed by atoms with E-state index in [9.17, 15) is 26.3 Å². The van der Waals surface area contributed by atoms with E-state index in [4.69, 9.17) is 0 Å². The SMILES string of the molecule is FC(F)(F)c1ccc(Nc2ccnc(Nc3cccc(C(F)(F)F)c3)n2)cc1. The van der Waals surface area contributed by atoms with Crippen molar-refractivity contribution in [2.75, 3.05) is 10.6 Å². The number of hydrogen-bond donors (Lipinski definition) is 2. The highest BCUT2D eigenvalue weighted by Gasteiger charge is 2.31. The quantitative estimate of drug-likeness (QED) is 0.529. The maximum absolute atomic E-state index is 12.8. The van der Waals surface area contributed by atoms with E-state index < -0.39 is 23.5 Å². The number of benzene rings is 2. The molecule has 2 N–H and O–H groups in total. The minimum absolute atomic E-state index is 0.0243. The summed E-state index contributed by atoms with van der Waals surface area (Å²) in [6.07, 6.45) is -7.56. The molecule has 0 saturated carbocycles. The molecule has 0 fully saturated rings. The molecule has 0 spiro atoms. The van der Waals surface area contributed by atoms with Gasteiger partial charge in [-0.25, -0.2) is 4.98 Å². The third kappa shape index (κ3) is 4.90. The van der Waals surface area contributed by atoms with Crippen LogP contribution in [0.2, 0.25) is 0 Å². The maximum Gasteiger partial charge on any atom is 0.416 e. The Balaban J connectivity index is 1.74. The molecule has 0 atom stereocenters. The van der Waals surface area contributed by atoms with Crippen molar-refractivity contribution < 1.29 is 26.3 Å². The van der Waals surface area contributed by atoms with Crippen molar-refractivity contribution in [3.63, 3.8) is 0 Å². The molecule has 146 valence electrons. The van der Waals surface area contributed by atoms with Gasteiger partial charge in [0.15, 0.2) is 0 Å². The predicted octanol–water partition coefficient (Wildman–Crippen LogP) is 6.00. The molecule has 3 rings (SSSR count). The Labute approximate surface area is 155 Å². The van der Waals surface area contributed by atoms with Crippen molar-refractivity contribution in [3.8, 4) is 0 Å². The second-order valence-corrected chi connectivity index (χ2v) is 5.67. The van der Waals surface area contributed by atoms with E-state index in [1.165, 1.54) is 36.5 Å². The molecule has 0 saturated heterocycles. The molecular formula is C18H12F6N4. The summed E-state index contributed by atoms with van der Waals surface area (Å²) in [5.41, 5.74) is -1.11. The molecule has 0 bridgehead atoms. The fourth-order valence-corrected chi connectivity index (χ4v) is 2.28. The van der Waals surface area contributed by atoms with Crippen LogP contribution in [-0.2, 0) is 12.4 Å². The first-order chi connectivity index (χ1) is 13.1. The summed E-state index contributed by atoms with van der Waals surface area (Å²) in [4.78, 5) is 8.01. The Morgan fingerprint density at radius 1 is 0.679 bits per heavy atom. The van der Waals surface area contributed by atoms with Gasteiger partial charge in [0.25, 0.3) is 0 Å². The van der Waals surface area contributed by atoms with Crippen LogP contribution >= 0.6 is 0 Å². The van der Waals surface area contributed by atoms with Crippen molar-refractivity contribution in [1.29, 1.82) is 0 Å². The topological polar surface area (TPSA) is 49.8 Å². The van der Waals surface area contributed by atoms with Crippen LogP contribution in [-0.4, -0.2) is 9.97 Å². The van der Waals surface area contributed by atoms with Crippen molar-refractivity contribution in [3.05, 3.63) is 71.9 Å². The highest BCUT2D eigenvalue weighted by Crippen LogP contribution is 2.32. The summed E-state index contributed by atoms with van der Waals surface area (Å²) in [6.45, 7) is 0. The fourth-order valence-electron chi connectivity index (χ4n) is 2.28. The van der Waals surface area contributed by atoms with Gasteiger partial charge in [-0.1, -0.05) is 6.07 Å². The average molecular weight is 398 g/mol. The molecule has 0 aliphatic heterocycles. The lowest BCUT2D eigenvalue weighted by atomic mass is 10.2. The van der Waals surface area contributed by atoms with Gasteiger partial charge in [0.05, 0.1) is 11.1 Å². The van der Waals surface area contributed by atoms with Crippen LogP contribution in [0.3, 0.4) is 0 Å². The normalized spacial score (nSPS) is 11.9. The van der Waals surface area contributed by atoms with Crippen molar-refractivity contribution in [2.45, 2.75) is 12.4 Å². The minimum Gasteiger partial charge on any atom is -0.340 e. The van der Waals surface area contributed by atoms with Crippen LogP contribution in [0.25, 0.3) is 0 Å². The number of alkyl halides is 6. The first kappa shape index (κ1) is 19.5. The number of halogens is 6. The van der Waals surface area contributed by atoms with Crippen LogP contribution < -0.4 is 10.6 Å². The predicted molar refractivity (Wildman–Crippen MR) is 91.5 cm³/mol. The van der Waals surface area contributed by atoms with Gasteiger partial charge < -0.3 is 10.6 Å². The smallest absolute Gasteiger partial charge is 0.340 e. The molecule has 1 aromatic heterocycles. The highest BCUT2D eigenvalue weighted by molar-refractivity contribution is 5.60. The first-order valence-electron chi connectivity index (χ1n) is 7.83. The van der Waals surface area contributed by atoms with Gasteiger partial charge in [0.2, 0.25) is 5.95 Å². The number of anilines is 4. The minimum atomic E-state index is -4.48. The number of aromatic nitrogens is 2. The Kier molecular flexibility index (Phi) is 5.12. The van der Waals surface area contributed by atoms with Gasteiger partial charge in [0.1, 0.15) is 5.82 Å². The Morgan fingerprint density at radius 3 is 2.00 bits per heavy atom. The highest BCUT2D eigenvalue weighted by atomic mass is 19.4. The Hall–Kier alpha value is -3.30. The van der Waals surface area contributed by atoms with E-state index in [0.29, 0.717) is 5.69 Å². The molecule has 0 aliphatic carbocycles. The van der Waals surface area contributed by atoms with Crippen LogP contribution in [0.1, 0.15) is 11.1 Å². The van der Waals surface area contributed by atoms with Gasteiger partial charge in [0, 0.05) is 17.6 Å². The van der Waals surface area contributed by atoms with Crippen molar-refractivity contribution >= 4 is 23.1 Å². The van der Waals surface area contributed by atoms with E-state index >= 15 is 0 Å². The average Bonchev–Trinajstić information content (AvgIpc) is 2.61. The van der Waals surface area contributed by atoms with E-state index in [1.807, 2.05) is 0 Å². The fraction of sp³-hybridized carbons (Fsp3) is 0.111. The van der Waals surface area contributed by atoms with Gasteiger partial charge >= 0.3 is 12.4 Å². The second-order valence-electron chi connectivity index (χ2n) is 5.67. The summed E-state index contributed by atoms with van der Waals surface area (Å²) in [6, 6.07) is 10.3. The van der Waals surface area contributed by atoms with Crippen LogP contribution in [0.15, 0.2) is 60.8 Å². The standard InChI is InChI=1S/C18H12F6N4/c19-17(20,21)11-4-6-13(7-5-11)26-15-8-9-25-16(28-15)27-14-3-1-2-12(10-14)18(22,23)24/h1-10H,(H2,25,26,27,28). The van der Waals surface area contributed by atoms with E-state index in [2.05, 4.69) is 20.6 Å². The van der Waals surface area contributed by atoms with Crippen molar-refractivity contribution in [1.82, 2.24) is 9.97 Å². The van der Waals surface area contributed by atoms with Gasteiger partial charge in [-0.3, -0.25) is 0 Å². The van der Waals surface area contributed by atoms with Crippen LogP contribution in [0.5, 0.6) is 0 Å². The lowest BCUT2D eigenvalue weighted by molar-refractivity contribution is -0.138. The molecular weight excluding hydrogens is 386 g/mol. The molecule has 2 aromatic carbocycles. The Morgan fingerprint density at radius 2 is 1.36 bits per heavy atom. The van der Waals surface area contributed by atoms with E-state index in [0.717, 1.165) is 24.3 Å². The number of nitrogens with zero attached hydrogens (tertiary/aromatic N) is 2. The summed E-state index contributed by atoms with van der Waals surface area (Å²) in [5.74, 6) is 0.278. The van der Waals surface area contributed by atoms with Crippen LogP contribution in [0, 0.1) is 0 Å². The number of nitrogens with one attached hydrogen (secondary N) is 2. The van der Waals surface area contributed by atoms with Gasteiger partial charge in [-0.15, -0.1) is 0 Å². The lowest BCUT2D eigenvalue weighted by Gasteiger charge is -2.11. The molecule has 0 amide bonds. The van der Waals surface area contributed by atoms with Crippen molar-refractivity contribution in [2.24, 2.45) is 0 Å². The van der Waals surface area contributed by atoms with Crippen LogP contribution in [0.4, 0.5) is 49.5 Å². The molecule has 10 heteroatoms. The molecule has 4 nitrogen and oxygen atoms in total. The zero-order valence-corrected chi connectivity index (χ0v) is 13.9. The molecule has 0 unspecified atom stereocenters. The number of rotatable bonds is 4. The first-order valence-corrected chi connectivity index (χ1v) is 7.83. The van der Waals surface area contributed by atoms with Gasteiger partial charge in [-0.2, -0.15) is 31.3 Å². The molecule has 3 aromatic rings. The summed E-state index contributed by atoms with van der Waals surface area (Å²) in [5, 5.41) is 5.47. The Bertz CT molecular complexity index is 951. The molecule has 1 heterocycles. The van der Waals surface area contributed by atoms with E-state index in [-0.39, 0.29) is 17.5 Å². The van der Waals surface area contributed by atoms with Gasteiger partial charge in [-0.05, 0) is 48.5 Å².